The van der Waals surface area contributed by atoms with Crippen molar-refractivity contribution in [3.05, 3.63) is 17.5 Å². The Hall–Kier alpha value is -0.390. The van der Waals surface area contributed by atoms with Crippen LogP contribution in [-0.4, -0.2) is 29.5 Å². The number of hydrogen-bond donors (Lipinski definition) is 1. The molecule has 2 aliphatic rings. The number of aromatic nitrogens is 2. The van der Waals surface area contributed by atoms with Crippen LogP contribution in [0, 0.1) is 0 Å². The SMILES string of the molecule is BrC1NCCc2c1cnn2C1CCOCC1. The Balaban J connectivity index is 1.89. The van der Waals surface area contributed by atoms with Crippen LogP contribution in [0.3, 0.4) is 0 Å². The molecule has 1 aromatic rings. The predicted octanol–water partition coefficient (Wildman–Crippen LogP) is 1.77. The molecule has 0 saturated carbocycles. The molecule has 1 unspecified atom stereocenters. The number of fused-ring (bicyclic) bond motifs is 1. The van der Waals surface area contributed by atoms with Crippen LogP contribution in [0.1, 0.15) is 35.1 Å². The van der Waals surface area contributed by atoms with Crippen LogP contribution in [0.4, 0.5) is 0 Å². The third-order valence-electron chi connectivity index (χ3n) is 3.43. The Morgan fingerprint density at radius 1 is 1.44 bits per heavy atom. The summed E-state index contributed by atoms with van der Waals surface area (Å²) in [5.41, 5.74) is 2.70. The molecule has 1 aromatic heterocycles. The van der Waals surface area contributed by atoms with Crippen LogP contribution in [0.15, 0.2) is 6.20 Å². The van der Waals surface area contributed by atoms with Crippen LogP contribution in [0.5, 0.6) is 0 Å². The van der Waals surface area contributed by atoms with E-state index < -0.39 is 0 Å². The molecular formula is C11H16BrN3O. The zero-order chi connectivity index (χ0) is 11.0. The second kappa shape index (κ2) is 4.47. The van der Waals surface area contributed by atoms with Gasteiger partial charge in [-0.15, -0.1) is 0 Å². The zero-order valence-electron chi connectivity index (χ0n) is 9.16. The molecule has 0 amide bonds. The second-order valence-electron chi connectivity index (χ2n) is 4.40. The van der Waals surface area contributed by atoms with Gasteiger partial charge in [0.05, 0.1) is 17.2 Å². The van der Waals surface area contributed by atoms with Crippen molar-refractivity contribution in [1.82, 2.24) is 15.1 Å². The summed E-state index contributed by atoms with van der Waals surface area (Å²) in [6, 6.07) is 0.537. The number of alkyl halides is 1. The summed E-state index contributed by atoms with van der Waals surface area (Å²) in [4.78, 5) is 0.268. The van der Waals surface area contributed by atoms with Gasteiger partial charge in [0, 0.05) is 37.4 Å². The molecule has 1 saturated heterocycles. The zero-order valence-corrected chi connectivity index (χ0v) is 10.7. The van der Waals surface area contributed by atoms with E-state index in [0.29, 0.717) is 6.04 Å². The summed E-state index contributed by atoms with van der Waals surface area (Å²) in [6.07, 6.45) is 5.26. The van der Waals surface area contributed by atoms with Crippen molar-refractivity contribution in [3.8, 4) is 0 Å². The van der Waals surface area contributed by atoms with Crippen molar-refractivity contribution in [2.75, 3.05) is 19.8 Å². The third-order valence-corrected chi connectivity index (χ3v) is 4.24. The average molecular weight is 286 g/mol. The van der Waals surface area contributed by atoms with Crippen molar-refractivity contribution in [2.24, 2.45) is 0 Å². The molecule has 5 heteroatoms. The van der Waals surface area contributed by atoms with E-state index in [0.717, 1.165) is 39.0 Å². The van der Waals surface area contributed by atoms with Crippen LogP contribution in [0.25, 0.3) is 0 Å². The van der Waals surface area contributed by atoms with Gasteiger partial charge in [-0.2, -0.15) is 5.10 Å². The van der Waals surface area contributed by atoms with E-state index in [1.54, 1.807) is 0 Å². The van der Waals surface area contributed by atoms with Crippen LogP contribution in [0.2, 0.25) is 0 Å². The number of nitrogens with one attached hydrogen (secondary N) is 1. The fourth-order valence-electron chi connectivity index (χ4n) is 2.54. The molecule has 3 heterocycles. The van der Waals surface area contributed by atoms with Crippen molar-refractivity contribution < 1.29 is 4.74 Å². The van der Waals surface area contributed by atoms with E-state index in [1.807, 2.05) is 6.20 Å². The first-order valence-corrected chi connectivity index (χ1v) is 6.79. The molecule has 0 spiro atoms. The second-order valence-corrected chi connectivity index (χ2v) is 5.32. The highest BCUT2D eigenvalue weighted by molar-refractivity contribution is 9.09. The van der Waals surface area contributed by atoms with Crippen molar-refractivity contribution >= 4 is 15.9 Å². The van der Waals surface area contributed by atoms with Gasteiger partial charge in [-0.1, -0.05) is 15.9 Å². The third kappa shape index (κ3) is 1.81. The Morgan fingerprint density at radius 2 is 2.25 bits per heavy atom. The van der Waals surface area contributed by atoms with Gasteiger partial charge in [0.15, 0.2) is 0 Å². The lowest BCUT2D eigenvalue weighted by Crippen LogP contribution is -2.29. The minimum atomic E-state index is 0.268. The highest BCUT2D eigenvalue weighted by Gasteiger charge is 2.25. The van der Waals surface area contributed by atoms with E-state index in [9.17, 15) is 0 Å². The molecule has 3 rings (SSSR count). The summed E-state index contributed by atoms with van der Waals surface area (Å²) in [5, 5.41) is 7.96. The van der Waals surface area contributed by atoms with Crippen LogP contribution >= 0.6 is 15.9 Å². The normalized spacial score (nSPS) is 26.7. The van der Waals surface area contributed by atoms with E-state index in [-0.39, 0.29) is 4.95 Å². The molecule has 2 aliphatic heterocycles. The quantitative estimate of drug-likeness (QED) is 0.632. The Morgan fingerprint density at radius 3 is 3.06 bits per heavy atom. The lowest BCUT2D eigenvalue weighted by Gasteiger charge is -2.26. The Kier molecular flexibility index (Phi) is 3.00. The van der Waals surface area contributed by atoms with E-state index in [1.165, 1.54) is 11.3 Å². The Labute approximate surface area is 103 Å². The molecular weight excluding hydrogens is 270 g/mol. The molecule has 0 bridgehead atoms. The minimum absolute atomic E-state index is 0.268. The highest BCUT2D eigenvalue weighted by atomic mass is 79.9. The van der Waals surface area contributed by atoms with Gasteiger partial charge in [-0.3, -0.25) is 4.68 Å². The minimum Gasteiger partial charge on any atom is -0.381 e. The lowest BCUT2D eigenvalue weighted by molar-refractivity contribution is 0.0653. The highest BCUT2D eigenvalue weighted by Crippen LogP contribution is 2.31. The van der Waals surface area contributed by atoms with Gasteiger partial charge in [-0.25, -0.2) is 0 Å². The first-order valence-electron chi connectivity index (χ1n) is 5.88. The van der Waals surface area contributed by atoms with Gasteiger partial charge in [-0.05, 0) is 12.8 Å². The van der Waals surface area contributed by atoms with Gasteiger partial charge >= 0.3 is 0 Å². The van der Waals surface area contributed by atoms with Crippen molar-refractivity contribution in [3.63, 3.8) is 0 Å². The number of ether oxygens (including phenoxy) is 1. The number of hydrogen-bond acceptors (Lipinski definition) is 3. The summed E-state index contributed by atoms with van der Waals surface area (Å²) in [5.74, 6) is 0. The number of rotatable bonds is 1. The summed E-state index contributed by atoms with van der Waals surface area (Å²) < 4.78 is 7.63. The molecule has 0 radical (unpaired) electrons. The molecule has 0 aliphatic carbocycles. The topological polar surface area (TPSA) is 39.1 Å². The number of halogens is 1. The van der Waals surface area contributed by atoms with Crippen molar-refractivity contribution in [2.45, 2.75) is 30.3 Å². The largest absolute Gasteiger partial charge is 0.381 e. The number of nitrogens with zero attached hydrogens (tertiary/aromatic N) is 2. The fraction of sp³-hybridized carbons (Fsp3) is 0.727. The summed E-state index contributed by atoms with van der Waals surface area (Å²) in [7, 11) is 0. The van der Waals surface area contributed by atoms with E-state index in [4.69, 9.17) is 4.74 Å². The van der Waals surface area contributed by atoms with Crippen molar-refractivity contribution in [1.29, 1.82) is 0 Å². The molecule has 88 valence electrons. The maximum absolute atomic E-state index is 5.40. The average Bonchev–Trinajstić information content (AvgIpc) is 2.75. The molecule has 1 fully saturated rings. The van der Waals surface area contributed by atoms with Gasteiger partial charge in [0.2, 0.25) is 0 Å². The van der Waals surface area contributed by atoms with Crippen LogP contribution in [-0.2, 0) is 11.2 Å². The molecule has 16 heavy (non-hydrogen) atoms. The summed E-state index contributed by atoms with van der Waals surface area (Å²) >= 11 is 3.64. The maximum Gasteiger partial charge on any atom is 0.0920 e. The smallest absolute Gasteiger partial charge is 0.0920 e. The molecule has 1 atom stereocenters. The molecule has 0 aromatic carbocycles. The molecule has 4 nitrogen and oxygen atoms in total. The van der Waals surface area contributed by atoms with E-state index in [2.05, 4.69) is 31.0 Å². The first kappa shape index (κ1) is 10.7. The fourth-order valence-corrected chi connectivity index (χ4v) is 3.15. The maximum atomic E-state index is 5.40. The monoisotopic (exact) mass is 285 g/mol. The van der Waals surface area contributed by atoms with E-state index >= 15 is 0 Å². The predicted molar refractivity (Wildman–Crippen MR) is 64.7 cm³/mol. The lowest BCUT2D eigenvalue weighted by atomic mass is 10.1. The summed E-state index contributed by atoms with van der Waals surface area (Å²) in [6.45, 7) is 2.77. The molecule has 1 N–H and O–H groups in total. The Bertz CT molecular complexity index is 373. The standard InChI is InChI=1S/C11H16BrN3O/c12-11-9-7-14-15(10(9)1-4-13-11)8-2-5-16-6-3-8/h7-8,11,13H,1-6H2. The van der Waals surface area contributed by atoms with Gasteiger partial charge in [0.25, 0.3) is 0 Å². The van der Waals surface area contributed by atoms with Crippen LogP contribution < -0.4 is 5.32 Å². The van der Waals surface area contributed by atoms with Gasteiger partial charge < -0.3 is 10.1 Å². The van der Waals surface area contributed by atoms with Gasteiger partial charge in [0.1, 0.15) is 0 Å². The first-order chi connectivity index (χ1) is 7.86.